The first kappa shape index (κ1) is 22.1. The molecule has 3 heterocycles. The Morgan fingerprint density at radius 2 is 2.10 bits per heavy atom. The first-order valence-electron chi connectivity index (χ1n) is 9.60. The number of rotatable bonds is 7. The predicted octanol–water partition coefficient (Wildman–Crippen LogP) is 1.26. The van der Waals surface area contributed by atoms with Gasteiger partial charge in [0, 0.05) is 44.2 Å². The van der Waals surface area contributed by atoms with Crippen LogP contribution in [0.2, 0.25) is 0 Å². The molecule has 0 aliphatic carbocycles. The maximum atomic E-state index is 12.4. The van der Waals surface area contributed by atoms with E-state index >= 15 is 0 Å². The number of nitrogens with zero attached hydrogens (tertiary/aromatic N) is 4. The fraction of sp³-hybridized carbons (Fsp3) is 0.300. The molecule has 1 aromatic carbocycles. The molecule has 10 nitrogen and oxygen atoms in total. The Morgan fingerprint density at radius 3 is 2.81 bits per heavy atom. The van der Waals surface area contributed by atoms with E-state index in [1.54, 1.807) is 17.4 Å². The van der Waals surface area contributed by atoms with Gasteiger partial charge in [-0.2, -0.15) is 0 Å². The van der Waals surface area contributed by atoms with Crippen molar-refractivity contribution in [2.75, 3.05) is 18.0 Å². The number of benzene rings is 1. The number of nitrogens with one attached hydrogen (secondary N) is 2. The first-order chi connectivity index (χ1) is 15.1. The second kappa shape index (κ2) is 11.0. The Bertz CT molecular complexity index is 992. The molecule has 0 saturated carbocycles. The highest BCUT2D eigenvalue weighted by Gasteiger charge is 2.36. The summed E-state index contributed by atoms with van der Waals surface area (Å²) in [6, 6.07) is 10.0. The van der Waals surface area contributed by atoms with Crippen molar-refractivity contribution in [2.24, 2.45) is 5.92 Å². The molecule has 3 aromatic rings. The predicted molar refractivity (Wildman–Crippen MR) is 114 cm³/mol. The van der Waals surface area contributed by atoms with Crippen molar-refractivity contribution in [2.45, 2.75) is 19.3 Å². The monoisotopic (exact) mass is 442 g/mol. The summed E-state index contributed by atoms with van der Waals surface area (Å²) in [7, 11) is 0. The Hall–Kier alpha value is -3.60. The van der Waals surface area contributed by atoms with Crippen LogP contribution in [0.25, 0.3) is 0 Å². The largest absolute Gasteiger partial charge is 0.483 e. The summed E-state index contributed by atoms with van der Waals surface area (Å²) in [5, 5.41) is 19.6. The molecule has 1 unspecified atom stereocenters. The Labute approximate surface area is 182 Å². The molecule has 1 aliphatic heterocycles. The van der Waals surface area contributed by atoms with Gasteiger partial charge in [0.25, 0.3) is 6.47 Å². The average molecular weight is 443 g/mol. The van der Waals surface area contributed by atoms with E-state index in [-0.39, 0.29) is 30.6 Å². The molecule has 1 fully saturated rings. The van der Waals surface area contributed by atoms with Crippen LogP contribution in [-0.4, -0.2) is 56.6 Å². The lowest BCUT2D eigenvalue weighted by Crippen LogP contribution is -2.34. The molecule has 11 heteroatoms. The zero-order valence-corrected chi connectivity index (χ0v) is 17.4. The molecule has 31 heavy (non-hydrogen) atoms. The van der Waals surface area contributed by atoms with E-state index in [4.69, 9.17) is 9.90 Å². The molecule has 2 amide bonds. The van der Waals surface area contributed by atoms with Crippen molar-refractivity contribution in [3.63, 3.8) is 0 Å². The summed E-state index contributed by atoms with van der Waals surface area (Å²) in [5.41, 5.74) is 2.11. The molecular formula is C20H22N6O4S. The minimum absolute atomic E-state index is 0.0869. The van der Waals surface area contributed by atoms with E-state index in [9.17, 15) is 9.59 Å². The minimum Gasteiger partial charge on any atom is -0.483 e. The molecule has 0 bridgehead atoms. The average Bonchev–Trinajstić information content (AvgIpc) is 3.51. The van der Waals surface area contributed by atoms with Crippen LogP contribution in [0.15, 0.2) is 42.9 Å². The first-order valence-corrected chi connectivity index (χ1v) is 10.4. The van der Waals surface area contributed by atoms with Crippen molar-refractivity contribution in [1.82, 2.24) is 25.5 Å². The van der Waals surface area contributed by atoms with Gasteiger partial charge < -0.3 is 15.4 Å². The summed E-state index contributed by atoms with van der Waals surface area (Å²) in [6.07, 6.45) is 4.89. The van der Waals surface area contributed by atoms with Crippen molar-refractivity contribution in [3.8, 4) is 0 Å². The number of imidazole rings is 1. The normalized spacial score (nSPS) is 15.3. The SMILES string of the molecule is O=C(NCCc1cnc[nH]1)C1CC(=O)N(c2nnc(Cc3ccccc3)s2)C1.O=CO. The maximum absolute atomic E-state index is 12.4. The van der Waals surface area contributed by atoms with Crippen LogP contribution in [0, 0.1) is 5.92 Å². The van der Waals surface area contributed by atoms with Crippen LogP contribution in [0.4, 0.5) is 5.13 Å². The van der Waals surface area contributed by atoms with E-state index in [1.165, 1.54) is 11.3 Å². The summed E-state index contributed by atoms with van der Waals surface area (Å²) in [6.45, 7) is 0.598. The Balaban J connectivity index is 0.000000858. The lowest BCUT2D eigenvalue weighted by molar-refractivity contribution is -0.126. The van der Waals surface area contributed by atoms with Gasteiger partial charge >= 0.3 is 0 Å². The van der Waals surface area contributed by atoms with Crippen molar-refractivity contribution >= 4 is 34.8 Å². The Morgan fingerprint density at radius 1 is 1.32 bits per heavy atom. The quantitative estimate of drug-likeness (QED) is 0.468. The lowest BCUT2D eigenvalue weighted by atomic mass is 10.1. The van der Waals surface area contributed by atoms with Gasteiger partial charge in [0.2, 0.25) is 16.9 Å². The number of hydrogen-bond donors (Lipinski definition) is 3. The summed E-state index contributed by atoms with van der Waals surface area (Å²) >= 11 is 1.40. The summed E-state index contributed by atoms with van der Waals surface area (Å²) in [5.74, 6) is -0.559. The van der Waals surface area contributed by atoms with Crippen LogP contribution in [0.3, 0.4) is 0 Å². The zero-order valence-electron chi connectivity index (χ0n) is 16.6. The maximum Gasteiger partial charge on any atom is 0.290 e. The van der Waals surface area contributed by atoms with Crippen LogP contribution in [0.1, 0.15) is 22.7 Å². The standard InChI is InChI=1S/C19H20N6O2S.CH2O2/c26-17-9-14(18(27)21-7-6-15-10-20-12-22-15)11-25(17)19-24-23-16(28-19)8-13-4-2-1-3-5-13;2-1-3/h1-5,10,12,14H,6-9,11H2,(H,20,22)(H,21,27);1H,(H,2,3). The highest BCUT2D eigenvalue weighted by molar-refractivity contribution is 7.15. The molecule has 3 N–H and O–H groups in total. The number of hydrogen-bond acceptors (Lipinski definition) is 7. The van der Waals surface area contributed by atoms with Crippen molar-refractivity contribution in [1.29, 1.82) is 0 Å². The van der Waals surface area contributed by atoms with Gasteiger partial charge in [0.05, 0.1) is 12.2 Å². The topological polar surface area (TPSA) is 141 Å². The minimum atomic E-state index is -0.365. The van der Waals surface area contributed by atoms with Crippen LogP contribution in [-0.2, 0) is 27.2 Å². The number of amides is 2. The van der Waals surface area contributed by atoms with Gasteiger partial charge in [0.1, 0.15) is 5.01 Å². The highest BCUT2D eigenvalue weighted by Crippen LogP contribution is 2.28. The molecule has 0 spiro atoms. The number of carboxylic acid groups (broad SMARTS) is 1. The molecule has 1 atom stereocenters. The third kappa shape index (κ3) is 6.19. The van der Waals surface area contributed by atoms with Gasteiger partial charge in [-0.15, -0.1) is 10.2 Å². The second-order valence-corrected chi connectivity index (χ2v) is 7.81. The van der Waals surface area contributed by atoms with Crippen molar-refractivity contribution in [3.05, 3.63) is 59.1 Å². The van der Waals surface area contributed by atoms with Crippen LogP contribution >= 0.6 is 11.3 Å². The smallest absolute Gasteiger partial charge is 0.290 e. The lowest BCUT2D eigenvalue weighted by Gasteiger charge is -2.12. The Kier molecular flexibility index (Phi) is 7.82. The van der Waals surface area contributed by atoms with E-state index in [2.05, 4.69) is 25.5 Å². The third-order valence-electron chi connectivity index (χ3n) is 4.63. The second-order valence-electron chi connectivity index (χ2n) is 6.77. The molecule has 2 aromatic heterocycles. The summed E-state index contributed by atoms with van der Waals surface area (Å²) < 4.78 is 0. The van der Waals surface area contributed by atoms with E-state index in [1.807, 2.05) is 30.3 Å². The van der Waals surface area contributed by atoms with E-state index in [0.29, 0.717) is 31.1 Å². The number of aromatic amines is 1. The molecular weight excluding hydrogens is 420 g/mol. The third-order valence-corrected chi connectivity index (χ3v) is 5.58. The zero-order chi connectivity index (χ0) is 22.1. The van der Waals surface area contributed by atoms with E-state index in [0.717, 1.165) is 16.3 Å². The van der Waals surface area contributed by atoms with Crippen LogP contribution in [0.5, 0.6) is 0 Å². The number of H-pyrrole nitrogens is 1. The van der Waals surface area contributed by atoms with Gasteiger partial charge in [-0.3, -0.25) is 19.3 Å². The molecule has 0 radical (unpaired) electrons. The number of carbonyl (C=O) groups is 3. The van der Waals surface area contributed by atoms with Gasteiger partial charge in [-0.25, -0.2) is 4.98 Å². The van der Waals surface area contributed by atoms with Gasteiger partial charge in [0.15, 0.2) is 0 Å². The fourth-order valence-electron chi connectivity index (χ4n) is 3.15. The fourth-order valence-corrected chi connectivity index (χ4v) is 4.05. The summed E-state index contributed by atoms with van der Waals surface area (Å²) in [4.78, 5) is 41.7. The van der Waals surface area contributed by atoms with E-state index < -0.39 is 0 Å². The number of aromatic nitrogens is 4. The molecule has 1 aliphatic rings. The van der Waals surface area contributed by atoms with Gasteiger partial charge in [-0.1, -0.05) is 41.7 Å². The van der Waals surface area contributed by atoms with Crippen LogP contribution < -0.4 is 10.2 Å². The highest BCUT2D eigenvalue weighted by atomic mass is 32.1. The molecule has 1 saturated heterocycles. The van der Waals surface area contributed by atoms with Gasteiger partial charge in [-0.05, 0) is 5.56 Å². The molecule has 4 rings (SSSR count). The van der Waals surface area contributed by atoms with Crippen molar-refractivity contribution < 1.29 is 19.5 Å². The molecule has 162 valence electrons. The number of anilines is 1. The number of carbonyl (C=O) groups excluding carboxylic acids is 2.